The molecular weight excluding hydrogens is 428 g/mol. The van der Waals surface area contributed by atoms with Gasteiger partial charge in [0.05, 0.1) is 35.2 Å². The van der Waals surface area contributed by atoms with Crippen LogP contribution in [0.2, 0.25) is 0 Å². The zero-order valence-electron chi connectivity index (χ0n) is 17.7. The second-order valence-corrected chi connectivity index (χ2v) is 8.07. The van der Waals surface area contributed by atoms with Crippen LogP contribution in [-0.4, -0.2) is 29.3 Å². The number of nitro groups is 1. The average Bonchev–Trinajstić information content (AvgIpc) is 3.09. The van der Waals surface area contributed by atoms with E-state index >= 15 is 0 Å². The van der Waals surface area contributed by atoms with E-state index in [0.717, 1.165) is 16.0 Å². The number of benzene rings is 2. The molecule has 0 unspecified atom stereocenters. The Hall–Kier alpha value is -3.78. The molecular formula is C24H20N2O5S. The van der Waals surface area contributed by atoms with E-state index in [2.05, 4.69) is 0 Å². The number of hydrogen-bond acceptors (Lipinski definition) is 6. The number of aromatic nitrogens is 1. The van der Waals surface area contributed by atoms with Gasteiger partial charge in [-0.25, -0.2) is 0 Å². The molecule has 7 nitrogen and oxygen atoms in total. The van der Waals surface area contributed by atoms with E-state index in [0.29, 0.717) is 27.7 Å². The van der Waals surface area contributed by atoms with Gasteiger partial charge in [0.25, 0.3) is 5.69 Å². The fourth-order valence-corrected chi connectivity index (χ4v) is 4.73. The van der Waals surface area contributed by atoms with Crippen LogP contribution in [0.25, 0.3) is 5.52 Å². The van der Waals surface area contributed by atoms with Gasteiger partial charge < -0.3 is 13.9 Å². The van der Waals surface area contributed by atoms with Crippen LogP contribution in [0, 0.1) is 17.0 Å². The molecule has 4 aromatic rings. The number of hydrogen-bond donors (Lipinski definition) is 0. The molecule has 0 spiro atoms. The number of pyridine rings is 1. The standard InChI is InChI=1S/C24H20N2O5S/c1-15-22(23(27)16-12-17(30-2)14-18(13-16)31-3)25-11-7-6-9-20(25)24(15)32-21-10-5-4-8-19(21)26(28)29/h4-14H,1-3H3. The molecule has 0 amide bonds. The van der Waals surface area contributed by atoms with Crippen molar-refractivity contribution >= 4 is 28.7 Å². The maximum atomic E-state index is 13.6. The summed E-state index contributed by atoms with van der Waals surface area (Å²) in [5, 5.41) is 11.5. The minimum Gasteiger partial charge on any atom is -0.497 e. The molecule has 0 aliphatic carbocycles. The Morgan fingerprint density at radius 3 is 2.31 bits per heavy atom. The summed E-state index contributed by atoms with van der Waals surface area (Å²) in [4.78, 5) is 26.0. The molecule has 0 aliphatic rings. The summed E-state index contributed by atoms with van der Waals surface area (Å²) in [6.07, 6.45) is 1.82. The molecule has 2 heterocycles. The van der Waals surface area contributed by atoms with Crippen LogP contribution < -0.4 is 9.47 Å². The zero-order valence-corrected chi connectivity index (χ0v) is 18.5. The van der Waals surface area contributed by atoms with E-state index in [-0.39, 0.29) is 11.5 Å². The highest BCUT2D eigenvalue weighted by Crippen LogP contribution is 2.41. The van der Waals surface area contributed by atoms with Crippen molar-refractivity contribution in [3.8, 4) is 11.5 Å². The molecule has 0 N–H and O–H groups in total. The number of ether oxygens (including phenoxy) is 2. The van der Waals surface area contributed by atoms with Gasteiger partial charge in [-0.05, 0) is 42.8 Å². The number of nitro benzene ring substituents is 1. The first-order valence-electron chi connectivity index (χ1n) is 9.73. The SMILES string of the molecule is COc1cc(OC)cc(C(=O)c2c(C)c(Sc3ccccc3[N+](=O)[O-])c3ccccn23)c1. The number of nitrogens with zero attached hydrogens (tertiary/aromatic N) is 2. The number of carbonyl (C=O) groups is 1. The van der Waals surface area contributed by atoms with Crippen LogP contribution >= 0.6 is 11.8 Å². The molecule has 2 aromatic heterocycles. The van der Waals surface area contributed by atoms with Crippen LogP contribution in [0.4, 0.5) is 5.69 Å². The minimum atomic E-state index is -0.398. The second kappa shape index (κ2) is 8.76. The lowest BCUT2D eigenvalue weighted by Gasteiger charge is -2.09. The molecule has 162 valence electrons. The van der Waals surface area contributed by atoms with Gasteiger partial charge in [0.2, 0.25) is 5.78 Å². The van der Waals surface area contributed by atoms with Crippen molar-refractivity contribution in [2.75, 3.05) is 14.2 Å². The van der Waals surface area contributed by atoms with Crippen LogP contribution in [0.5, 0.6) is 11.5 Å². The topological polar surface area (TPSA) is 83.1 Å². The molecule has 0 saturated heterocycles. The molecule has 4 rings (SSSR count). The van der Waals surface area contributed by atoms with E-state index in [1.54, 1.807) is 36.4 Å². The van der Waals surface area contributed by atoms with Gasteiger partial charge in [0.15, 0.2) is 0 Å². The molecule has 0 aliphatic heterocycles. The fraction of sp³-hybridized carbons (Fsp3) is 0.125. The van der Waals surface area contributed by atoms with Crippen molar-refractivity contribution in [2.45, 2.75) is 16.7 Å². The maximum Gasteiger partial charge on any atom is 0.283 e. The summed E-state index contributed by atoms with van der Waals surface area (Å²) in [5.74, 6) is 0.830. The summed E-state index contributed by atoms with van der Waals surface area (Å²) in [6.45, 7) is 1.86. The van der Waals surface area contributed by atoms with Crippen LogP contribution in [0.15, 0.2) is 76.7 Å². The van der Waals surface area contributed by atoms with E-state index in [4.69, 9.17) is 9.47 Å². The molecule has 8 heteroatoms. The fourth-order valence-electron chi connectivity index (χ4n) is 3.59. The second-order valence-electron chi connectivity index (χ2n) is 7.02. The smallest absolute Gasteiger partial charge is 0.283 e. The Bertz CT molecular complexity index is 1320. The van der Waals surface area contributed by atoms with Crippen molar-refractivity contribution < 1.29 is 19.2 Å². The van der Waals surface area contributed by atoms with Gasteiger partial charge in [0, 0.05) is 28.8 Å². The number of methoxy groups -OCH3 is 2. The van der Waals surface area contributed by atoms with E-state index < -0.39 is 4.92 Å². The van der Waals surface area contributed by atoms with Crippen LogP contribution in [0.3, 0.4) is 0 Å². The van der Waals surface area contributed by atoms with Gasteiger partial charge in [-0.2, -0.15) is 0 Å². The van der Waals surface area contributed by atoms with Crippen molar-refractivity contribution in [3.63, 3.8) is 0 Å². The van der Waals surface area contributed by atoms with Crippen LogP contribution in [0.1, 0.15) is 21.6 Å². The van der Waals surface area contributed by atoms with Crippen molar-refractivity contribution in [1.29, 1.82) is 0 Å². The lowest BCUT2D eigenvalue weighted by Crippen LogP contribution is -2.07. The molecule has 2 aromatic carbocycles. The lowest BCUT2D eigenvalue weighted by atomic mass is 10.0. The highest BCUT2D eigenvalue weighted by atomic mass is 32.2. The largest absolute Gasteiger partial charge is 0.497 e. The van der Waals surface area contributed by atoms with Crippen LogP contribution in [-0.2, 0) is 0 Å². The summed E-state index contributed by atoms with van der Waals surface area (Å²) in [6, 6.07) is 17.2. The molecule has 0 saturated carbocycles. The quantitative estimate of drug-likeness (QED) is 0.209. The third-order valence-electron chi connectivity index (χ3n) is 5.13. The molecule has 0 fully saturated rings. The molecule has 0 bridgehead atoms. The predicted octanol–water partition coefficient (Wildman–Crippen LogP) is 5.56. The van der Waals surface area contributed by atoms with Crippen molar-refractivity contribution in [1.82, 2.24) is 4.40 Å². The minimum absolute atomic E-state index is 0.0255. The third-order valence-corrected chi connectivity index (χ3v) is 6.42. The van der Waals surface area contributed by atoms with Gasteiger partial charge in [-0.1, -0.05) is 30.0 Å². The Morgan fingerprint density at radius 1 is 1.00 bits per heavy atom. The average molecular weight is 449 g/mol. The highest BCUT2D eigenvalue weighted by Gasteiger charge is 2.25. The van der Waals surface area contributed by atoms with Gasteiger partial charge in [-0.3, -0.25) is 14.9 Å². The molecule has 0 atom stereocenters. The van der Waals surface area contributed by atoms with Gasteiger partial charge in [0.1, 0.15) is 11.5 Å². The first-order chi connectivity index (χ1) is 15.4. The number of para-hydroxylation sites is 1. The first-order valence-corrected chi connectivity index (χ1v) is 10.5. The van der Waals surface area contributed by atoms with Crippen molar-refractivity contribution in [3.05, 3.63) is 93.8 Å². The number of rotatable bonds is 7. The monoisotopic (exact) mass is 448 g/mol. The number of fused-ring (bicyclic) bond motifs is 1. The molecule has 0 radical (unpaired) electrons. The van der Waals surface area contributed by atoms with E-state index in [9.17, 15) is 14.9 Å². The van der Waals surface area contributed by atoms with Crippen molar-refractivity contribution in [2.24, 2.45) is 0 Å². The predicted molar refractivity (Wildman–Crippen MR) is 122 cm³/mol. The summed E-state index contributed by atoms with van der Waals surface area (Å²) >= 11 is 1.28. The van der Waals surface area contributed by atoms with E-state index in [1.807, 2.05) is 35.7 Å². The normalized spacial score (nSPS) is 10.8. The summed E-state index contributed by atoms with van der Waals surface area (Å²) in [7, 11) is 3.06. The number of carbonyl (C=O) groups excluding carboxylic acids is 1. The zero-order chi connectivity index (χ0) is 22.8. The Morgan fingerprint density at radius 2 is 1.66 bits per heavy atom. The Kier molecular flexibility index (Phi) is 5.87. The maximum absolute atomic E-state index is 13.6. The summed E-state index contributed by atoms with van der Waals surface area (Å²) < 4.78 is 12.4. The Labute approximate surface area is 188 Å². The Balaban J connectivity index is 1.88. The first kappa shape index (κ1) is 21.5. The van der Waals surface area contributed by atoms with Gasteiger partial charge in [-0.15, -0.1) is 0 Å². The van der Waals surface area contributed by atoms with E-state index in [1.165, 1.54) is 32.0 Å². The van der Waals surface area contributed by atoms with Gasteiger partial charge >= 0.3 is 0 Å². The summed E-state index contributed by atoms with van der Waals surface area (Å²) in [5.41, 5.74) is 2.47. The number of ketones is 1. The third kappa shape index (κ3) is 3.80. The lowest BCUT2D eigenvalue weighted by molar-refractivity contribution is -0.387. The highest BCUT2D eigenvalue weighted by molar-refractivity contribution is 7.99. The molecule has 32 heavy (non-hydrogen) atoms.